The molecule has 1 aliphatic heterocycles. The van der Waals surface area contributed by atoms with Crippen LogP contribution in [0.1, 0.15) is 48.2 Å². The normalized spacial score (nSPS) is 15.6. The van der Waals surface area contributed by atoms with E-state index in [-0.39, 0.29) is 55.4 Å². The Hall–Kier alpha value is -3.94. The second kappa shape index (κ2) is 12.3. The van der Waals surface area contributed by atoms with Crippen LogP contribution >= 0.6 is 10.2 Å². The van der Waals surface area contributed by atoms with Gasteiger partial charge in [-0.25, -0.2) is 9.48 Å². The minimum Gasteiger partial charge on any atom is -0.475 e. The van der Waals surface area contributed by atoms with Crippen molar-refractivity contribution in [3.63, 3.8) is 0 Å². The van der Waals surface area contributed by atoms with Crippen LogP contribution in [-0.2, 0) is 16.1 Å². The summed E-state index contributed by atoms with van der Waals surface area (Å²) in [6.45, 7) is 7.59. The van der Waals surface area contributed by atoms with Gasteiger partial charge in [0, 0.05) is 35.5 Å². The van der Waals surface area contributed by atoms with Crippen LogP contribution in [0.25, 0.3) is 5.65 Å². The maximum atomic E-state index is 13.8. The van der Waals surface area contributed by atoms with Gasteiger partial charge in [0.05, 0.1) is 19.3 Å². The van der Waals surface area contributed by atoms with Gasteiger partial charge in [0.15, 0.2) is 11.4 Å². The molecule has 0 aliphatic carbocycles. The van der Waals surface area contributed by atoms with E-state index in [0.29, 0.717) is 23.1 Å². The number of aromatic nitrogens is 4. The lowest BCUT2D eigenvalue weighted by Gasteiger charge is -2.41. The van der Waals surface area contributed by atoms with Crippen molar-refractivity contribution in [1.29, 1.82) is 5.41 Å². The first-order valence-electron chi connectivity index (χ1n) is 13.7. The molecule has 1 fully saturated rings. The summed E-state index contributed by atoms with van der Waals surface area (Å²) in [5, 5.41) is 24.3. The summed E-state index contributed by atoms with van der Waals surface area (Å²) in [4.78, 5) is 21.4. The first kappa shape index (κ1) is 36.5. The summed E-state index contributed by atoms with van der Waals surface area (Å²) in [5.74, 6) is -3.37. The van der Waals surface area contributed by atoms with E-state index >= 15 is 0 Å². The maximum absolute atomic E-state index is 13.8. The predicted molar refractivity (Wildman–Crippen MR) is 150 cm³/mol. The zero-order valence-electron chi connectivity index (χ0n) is 25.0. The lowest BCUT2D eigenvalue weighted by atomic mass is 10.1. The van der Waals surface area contributed by atoms with Gasteiger partial charge in [-0.05, 0) is 44.9 Å². The Bertz CT molecular complexity index is 1680. The number of morpholine rings is 1. The molecule has 4 rings (SSSR count). The summed E-state index contributed by atoms with van der Waals surface area (Å²) in [6, 6.07) is 1.69. The van der Waals surface area contributed by atoms with Gasteiger partial charge in [-0.15, -0.1) is 10.2 Å². The highest BCUT2D eigenvalue weighted by Gasteiger charge is 2.65. The van der Waals surface area contributed by atoms with Crippen molar-refractivity contribution in [1.82, 2.24) is 19.4 Å². The van der Waals surface area contributed by atoms with Crippen LogP contribution in [0.15, 0.2) is 23.1 Å². The molecule has 0 bridgehead atoms. The third-order valence-electron chi connectivity index (χ3n) is 7.03. The van der Waals surface area contributed by atoms with Gasteiger partial charge in [0.1, 0.15) is 11.4 Å². The molecule has 0 saturated carbocycles. The number of hydrogen-bond acceptors (Lipinski definition) is 8. The number of fused-ring (bicyclic) bond motifs is 1. The van der Waals surface area contributed by atoms with Crippen LogP contribution in [0.2, 0.25) is 0 Å². The van der Waals surface area contributed by atoms with Gasteiger partial charge in [-0.3, -0.25) is 10.2 Å². The summed E-state index contributed by atoms with van der Waals surface area (Å²) >= 11 is 0. The highest BCUT2D eigenvalue weighted by molar-refractivity contribution is 8.45. The number of aliphatic carboxylic acids is 1. The topological polar surface area (TPSA) is 135 Å². The minimum absolute atomic E-state index is 0.0957. The molecule has 1 aromatic carbocycles. The lowest BCUT2D eigenvalue weighted by molar-refractivity contribution is -0.192. The summed E-state index contributed by atoms with van der Waals surface area (Å²) in [6.07, 6.45) is -3.70. The van der Waals surface area contributed by atoms with Crippen LogP contribution in [-0.4, -0.2) is 74.8 Å². The fourth-order valence-electron chi connectivity index (χ4n) is 4.27. The summed E-state index contributed by atoms with van der Waals surface area (Å²) < 4.78 is 114. The number of hydrogen-bond donors (Lipinski definition) is 2. The maximum Gasteiger partial charge on any atom is 0.490 e. The summed E-state index contributed by atoms with van der Waals surface area (Å²) in [5.41, 5.74) is 0.546. The van der Waals surface area contributed by atoms with E-state index in [2.05, 4.69) is 10.2 Å². The molecular formula is C26H32F8N6O5S. The molecule has 0 unspecified atom stereocenters. The van der Waals surface area contributed by atoms with Gasteiger partial charge >= 0.3 is 22.4 Å². The number of halogens is 8. The number of carboxylic acid groups (broad SMARTS) is 1. The van der Waals surface area contributed by atoms with Crippen molar-refractivity contribution in [2.24, 2.45) is 0 Å². The number of ether oxygens (including phenoxy) is 2. The van der Waals surface area contributed by atoms with Gasteiger partial charge in [0.2, 0.25) is 11.5 Å². The van der Waals surface area contributed by atoms with E-state index in [1.807, 2.05) is 13.8 Å². The zero-order chi connectivity index (χ0) is 34.9. The number of Topliss-reactive ketones (excluding diaryl/α,β-unsaturated/α-hetero) is 1. The number of nitrogens with zero attached hydrogens (tertiary/aromatic N) is 5. The number of benzene rings is 1. The first-order chi connectivity index (χ1) is 21.0. The number of aryl methyl sites for hydroxylation is 1. The minimum atomic E-state index is -10.1. The fraction of sp³-hybridized carbons (Fsp3) is 0.500. The van der Waals surface area contributed by atoms with Crippen LogP contribution < -0.4 is 15.3 Å². The molecule has 2 aromatic heterocycles. The number of carbonyl (C=O) groups excluding carboxylic acids is 1. The standard InChI is InChI=1S/C24H31F5N6O3S.C2HF3O2/c1-5-19(6-2)38-23-16(4)15(3)22-31-34(24(30)35(22)32-23)14-21(36)17-11-18(33-7-9-37-10-8-33)13-20(12-17)39(25,26,27,28)29;3-2(4,5)1(6)7/h11-13,19,30H,5-10,14H2,1-4H3;(H,6,7). The molecule has 258 valence electrons. The van der Waals surface area contributed by atoms with Gasteiger partial charge in [-0.1, -0.05) is 33.3 Å². The molecule has 3 heterocycles. The number of carbonyl (C=O) groups is 2. The third-order valence-corrected chi connectivity index (χ3v) is 8.16. The Kier molecular flexibility index (Phi) is 9.80. The number of rotatable bonds is 9. The molecule has 3 aromatic rings. The van der Waals surface area contributed by atoms with E-state index in [0.717, 1.165) is 23.6 Å². The Labute approximate surface area is 256 Å². The molecule has 1 aliphatic rings. The van der Waals surface area contributed by atoms with Crippen LogP contribution in [0.3, 0.4) is 0 Å². The van der Waals surface area contributed by atoms with E-state index in [4.69, 9.17) is 24.8 Å². The Morgan fingerprint density at radius 2 is 1.59 bits per heavy atom. The second-order valence-corrected chi connectivity index (χ2v) is 12.7. The van der Waals surface area contributed by atoms with Crippen molar-refractivity contribution in [2.75, 3.05) is 31.2 Å². The van der Waals surface area contributed by atoms with Crippen molar-refractivity contribution >= 4 is 33.3 Å². The predicted octanol–water partition coefficient (Wildman–Crippen LogP) is 6.20. The number of nitrogens with one attached hydrogen (secondary N) is 1. The number of alkyl halides is 3. The van der Waals surface area contributed by atoms with Gasteiger partial charge in [-0.2, -0.15) is 17.7 Å². The molecule has 20 heteroatoms. The quantitative estimate of drug-likeness (QED) is 0.200. The van der Waals surface area contributed by atoms with E-state index in [1.54, 1.807) is 13.8 Å². The molecule has 2 N–H and O–H groups in total. The molecule has 46 heavy (non-hydrogen) atoms. The second-order valence-electron chi connectivity index (χ2n) is 10.3. The van der Waals surface area contributed by atoms with E-state index < -0.39 is 45.2 Å². The molecule has 0 amide bonds. The fourth-order valence-corrected chi connectivity index (χ4v) is 4.96. The zero-order valence-corrected chi connectivity index (χ0v) is 25.8. The number of carboxylic acids is 1. The van der Waals surface area contributed by atoms with Crippen molar-refractivity contribution in [3.05, 3.63) is 40.5 Å². The van der Waals surface area contributed by atoms with Crippen LogP contribution in [0, 0.1) is 19.3 Å². The van der Waals surface area contributed by atoms with E-state index in [1.165, 1.54) is 9.42 Å². The Morgan fingerprint density at radius 3 is 2.09 bits per heavy atom. The lowest BCUT2D eigenvalue weighted by Crippen LogP contribution is -2.36. The van der Waals surface area contributed by atoms with Crippen molar-refractivity contribution in [2.45, 2.75) is 64.3 Å². The number of ketones is 1. The highest BCUT2D eigenvalue weighted by Crippen LogP contribution is 3.02. The van der Waals surface area contributed by atoms with Crippen molar-refractivity contribution in [3.8, 4) is 5.88 Å². The third kappa shape index (κ3) is 8.65. The summed E-state index contributed by atoms with van der Waals surface area (Å²) in [7, 11) is -10.1. The molecule has 11 nitrogen and oxygen atoms in total. The first-order valence-corrected chi connectivity index (χ1v) is 15.6. The molecular weight excluding hydrogens is 660 g/mol. The average molecular weight is 693 g/mol. The van der Waals surface area contributed by atoms with Gasteiger partial charge in [0.25, 0.3) is 0 Å². The SMILES string of the molecule is CCC(CC)Oc1nn2c(=N)n(CC(=O)c3cc(N4CCOCC4)cc(S(F)(F)(F)(F)F)c3)nc2c(C)c1C.O=C(O)C(F)(F)F. The smallest absolute Gasteiger partial charge is 0.475 e. The van der Waals surface area contributed by atoms with Crippen LogP contribution in [0.4, 0.5) is 38.3 Å². The van der Waals surface area contributed by atoms with Crippen molar-refractivity contribution < 1.29 is 56.8 Å². The molecule has 0 radical (unpaired) electrons. The molecule has 0 atom stereocenters. The Morgan fingerprint density at radius 1 is 1.02 bits per heavy atom. The monoisotopic (exact) mass is 692 g/mol. The molecule has 1 saturated heterocycles. The van der Waals surface area contributed by atoms with Crippen LogP contribution in [0.5, 0.6) is 5.88 Å². The van der Waals surface area contributed by atoms with E-state index in [9.17, 15) is 37.4 Å². The Balaban J connectivity index is 0.000000738. The average Bonchev–Trinajstić information content (AvgIpc) is 3.27. The number of anilines is 1. The van der Waals surface area contributed by atoms with Gasteiger partial charge < -0.3 is 19.5 Å². The largest absolute Gasteiger partial charge is 0.490 e. The highest BCUT2D eigenvalue weighted by atomic mass is 32.5. The molecule has 0 spiro atoms.